The maximum absolute atomic E-state index is 10.7. The predicted molar refractivity (Wildman–Crippen MR) is 46.5 cm³/mol. The molecule has 0 spiro atoms. The summed E-state index contributed by atoms with van der Waals surface area (Å²) < 4.78 is 4.72. The van der Waals surface area contributed by atoms with Gasteiger partial charge in [0.15, 0.2) is 6.21 Å². The largest absolute Gasteiger partial charge is 0.456 e. The summed E-state index contributed by atoms with van der Waals surface area (Å²) in [6, 6.07) is 9.25. The number of ether oxygens (including phenoxy) is 1. The van der Waals surface area contributed by atoms with Crippen molar-refractivity contribution >= 4 is 12.2 Å². The summed E-state index contributed by atoms with van der Waals surface area (Å²) >= 11 is 0. The van der Waals surface area contributed by atoms with Crippen LogP contribution in [0.15, 0.2) is 35.5 Å². The second-order valence-corrected chi connectivity index (χ2v) is 2.34. The molecule has 13 heavy (non-hydrogen) atoms. The van der Waals surface area contributed by atoms with Crippen molar-refractivity contribution in [2.45, 2.75) is 6.61 Å². The third-order valence-corrected chi connectivity index (χ3v) is 1.39. The number of hydrogen-bond acceptors (Lipinski definition) is 4. The highest BCUT2D eigenvalue weighted by atomic mass is 16.5. The maximum Gasteiger partial charge on any atom is 0.353 e. The average molecular weight is 179 g/mol. The number of nitrogens with zero attached hydrogens (tertiary/aromatic N) is 1. The van der Waals surface area contributed by atoms with Crippen molar-refractivity contribution in [3.63, 3.8) is 0 Å². The summed E-state index contributed by atoms with van der Waals surface area (Å²) in [4.78, 5) is 10.7. The van der Waals surface area contributed by atoms with E-state index in [1.54, 1.807) is 0 Å². The molecule has 0 atom stereocenters. The molecule has 1 aromatic carbocycles. The molecule has 0 aliphatic carbocycles. The summed E-state index contributed by atoms with van der Waals surface area (Å²) in [5, 5.41) is 10.6. The number of benzene rings is 1. The normalized spacial score (nSPS) is 10.2. The quantitative estimate of drug-likeness (QED) is 0.328. The lowest BCUT2D eigenvalue weighted by molar-refractivity contribution is -0.136. The molecule has 4 nitrogen and oxygen atoms in total. The van der Waals surface area contributed by atoms with E-state index in [0.717, 1.165) is 5.56 Å². The van der Waals surface area contributed by atoms with E-state index in [1.165, 1.54) is 0 Å². The second-order valence-electron chi connectivity index (χ2n) is 2.34. The van der Waals surface area contributed by atoms with Gasteiger partial charge in [-0.25, -0.2) is 4.79 Å². The van der Waals surface area contributed by atoms with Gasteiger partial charge in [-0.3, -0.25) is 0 Å². The molecule has 0 aliphatic heterocycles. The van der Waals surface area contributed by atoms with Crippen molar-refractivity contribution in [3.05, 3.63) is 35.9 Å². The van der Waals surface area contributed by atoms with Crippen LogP contribution in [0.5, 0.6) is 0 Å². The molecule has 0 aromatic heterocycles. The average Bonchev–Trinajstić information content (AvgIpc) is 2.17. The zero-order valence-corrected chi connectivity index (χ0v) is 6.88. The SMILES string of the molecule is O=C(/C=N/O)OCc1ccccc1. The van der Waals surface area contributed by atoms with E-state index < -0.39 is 5.97 Å². The lowest BCUT2D eigenvalue weighted by Crippen LogP contribution is -2.05. The van der Waals surface area contributed by atoms with Crippen LogP contribution in [0.2, 0.25) is 0 Å². The Morgan fingerprint density at radius 1 is 1.46 bits per heavy atom. The number of rotatable bonds is 3. The molecule has 0 saturated heterocycles. The first-order valence-electron chi connectivity index (χ1n) is 3.71. The van der Waals surface area contributed by atoms with Gasteiger partial charge in [0.05, 0.1) is 0 Å². The molecule has 68 valence electrons. The van der Waals surface area contributed by atoms with Crippen LogP contribution in [0.25, 0.3) is 0 Å². The van der Waals surface area contributed by atoms with Crippen molar-refractivity contribution in [2.75, 3.05) is 0 Å². The molecule has 0 aliphatic rings. The van der Waals surface area contributed by atoms with Gasteiger partial charge in [-0.2, -0.15) is 0 Å². The number of hydrogen-bond donors (Lipinski definition) is 1. The standard InChI is InChI=1S/C9H9NO3/c11-9(6-10-12)13-7-8-4-2-1-3-5-8/h1-6,12H,7H2/b10-6+. The van der Waals surface area contributed by atoms with Crippen LogP contribution in [0.4, 0.5) is 0 Å². The topological polar surface area (TPSA) is 58.9 Å². The fourth-order valence-corrected chi connectivity index (χ4v) is 0.813. The van der Waals surface area contributed by atoms with Crippen molar-refractivity contribution < 1.29 is 14.7 Å². The van der Waals surface area contributed by atoms with Crippen LogP contribution >= 0.6 is 0 Å². The van der Waals surface area contributed by atoms with E-state index in [-0.39, 0.29) is 6.61 Å². The van der Waals surface area contributed by atoms with Crippen LogP contribution in [0.3, 0.4) is 0 Å². The number of carbonyl (C=O) groups excluding carboxylic acids is 1. The maximum atomic E-state index is 10.7. The van der Waals surface area contributed by atoms with Gasteiger partial charge in [-0.05, 0) is 5.56 Å². The Kier molecular flexibility index (Phi) is 3.50. The van der Waals surface area contributed by atoms with Gasteiger partial charge in [0.25, 0.3) is 0 Å². The lowest BCUT2D eigenvalue weighted by atomic mass is 10.2. The lowest BCUT2D eigenvalue weighted by Gasteiger charge is -2.00. The fourth-order valence-electron chi connectivity index (χ4n) is 0.813. The Balaban J connectivity index is 2.40. The molecule has 1 N–H and O–H groups in total. The highest BCUT2D eigenvalue weighted by molar-refractivity contribution is 6.22. The molecule has 0 amide bonds. The minimum atomic E-state index is -0.661. The van der Waals surface area contributed by atoms with Crippen LogP contribution < -0.4 is 0 Å². The summed E-state index contributed by atoms with van der Waals surface area (Å²) in [5.41, 5.74) is 0.891. The Bertz CT molecular complexity index is 295. The van der Waals surface area contributed by atoms with Crippen molar-refractivity contribution in [1.29, 1.82) is 0 Å². The van der Waals surface area contributed by atoms with E-state index in [0.29, 0.717) is 6.21 Å². The molecule has 0 heterocycles. The highest BCUT2D eigenvalue weighted by Gasteiger charge is 1.97. The van der Waals surface area contributed by atoms with Gasteiger partial charge in [-0.15, -0.1) is 0 Å². The predicted octanol–water partition coefficient (Wildman–Crippen LogP) is 1.19. The van der Waals surface area contributed by atoms with Gasteiger partial charge in [0.1, 0.15) is 6.61 Å². The number of oxime groups is 1. The molecule has 0 fully saturated rings. The van der Waals surface area contributed by atoms with E-state index in [9.17, 15) is 4.79 Å². The molecule has 0 unspecified atom stereocenters. The van der Waals surface area contributed by atoms with Gasteiger partial charge < -0.3 is 9.94 Å². The minimum absolute atomic E-state index is 0.186. The number of carbonyl (C=O) groups is 1. The molecular weight excluding hydrogens is 170 g/mol. The fraction of sp³-hybridized carbons (Fsp3) is 0.111. The smallest absolute Gasteiger partial charge is 0.353 e. The van der Waals surface area contributed by atoms with Crippen LogP contribution in [0.1, 0.15) is 5.56 Å². The number of esters is 1. The molecule has 0 radical (unpaired) electrons. The van der Waals surface area contributed by atoms with Gasteiger partial charge in [0, 0.05) is 0 Å². The molecule has 1 aromatic rings. The minimum Gasteiger partial charge on any atom is -0.456 e. The van der Waals surface area contributed by atoms with E-state index in [1.807, 2.05) is 30.3 Å². The first-order valence-corrected chi connectivity index (χ1v) is 3.71. The van der Waals surface area contributed by atoms with Gasteiger partial charge >= 0.3 is 5.97 Å². The zero-order chi connectivity index (χ0) is 9.52. The molecule has 4 heteroatoms. The second kappa shape index (κ2) is 4.92. The summed E-state index contributed by atoms with van der Waals surface area (Å²) in [6.45, 7) is 0.186. The van der Waals surface area contributed by atoms with Gasteiger partial charge in [0.2, 0.25) is 0 Å². The first-order chi connectivity index (χ1) is 6.33. The van der Waals surface area contributed by atoms with Crippen LogP contribution in [-0.2, 0) is 16.1 Å². The summed E-state index contributed by atoms with van der Waals surface area (Å²) in [6.07, 6.45) is 0.711. The van der Waals surface area contributed by atoms with E-state index in [4.69, 9.17) is 9.94 Å². The monoisotopic (exact) mass is 179 g/mol. The summed E-state index contributed by atoms with van der Waals surface area (Å²) in [7, 11) is 0. The third-order valence-electron chi connectivity index (χ3n) is 1.39. The van der Waals surface area contributed by atoms with Crippen molar-refractivity contribution in [1.82, 2.24) is 0 Å². The molecule has 0 bridgehead atoms. The Labute approximate surface area is 75.4 Å². The molecule has 0 saturated carbocycles. The van der Waals surface area contributed by atoms with Crippen LogP contribution in [0, 0.1) is 0 Å². The Hall–Kier alpha value is -1.84. The van der Waals surface area contributed by atoms with Gasteiger partial charge in [-0.1, -0.05) is 35.5 Å². The highest BCUT2D eigenvalue weighted by Crippen LogP contribution is 1.99. The van der Waals surface area contributed by atoms with Crippen LogP contribution in [-0.4, -0.2) is 17.4 Å². The first kappa shape index (κ1) is 9.25. The van der Waals surface area contributed by atoms with E-state index in [2.05, 4.69) is 5.16 Å². The van der Waals surface area contributed by atoms with Crippen molar-refractivity contribution in [3.8, 4) is 0 Å². The van der Waals surface area contributed by atoms with Crippen molar-refractivity contribution in [2.24, 2.45) is 5.16 Å². The van der Waals surface area contributed by atoms with E-state index >= 15 is 0 Å². The molecular formula is C9H9NO3. The molecule has 1 rings (SSSR count). The Morgan fingerprint density at radius 2 is 2.15 bits per heavy atom. The summed E-state index contributed by atoms with van der Waals surface area (Å²) in [5.74, 6) is -0.661. The third kappa shape index (κ3) is 3.37. The zero-order valence-electron chi connectivity index (χ0n) is 6.88. The Morgan fingerprint density at radius 3 is 2.77 bits per heavy atom.